The van der Waals surface area contributed by atoms with Crippen LogP contribution in [-0.4, -0.2) is 19.6 Å². The second-order valence-electron chi connectivity index (χ2n) is 4.85. The molecular weight excluding hydrogens is 240 g/mol. The van der Waals surface area contributed by atoms with E-state index in [-0.39, 0.29) is 17.9 Å². The zero-order valence-corrected chi connectivity index (χ0v) is 12.0. The summed E-state index contributed by atoms with van der Waals surface area (Å²) in [7, 11) is 1.64. The number of nitrogens with two attached hydrogens (primary N) is 1. The summed E-state index contributed by atoms with van der Waals surface area (Å²) in [6, 6.07) is 7.84. The molecule has 3 N–H and O–H groups in total. The average molecular weight is 264 g/mol. The number of benzene rings is 1. The molecule has 106 valence electrons. The smallest absolute Gasteiger partial charge is 0.220 e. The molecule has 0 spiro atoms. The van der Waals surface area contributed by atoms with Gasteiger partial charge in [0, 0.05) is 6.42 Å². The van der Waals surface area contributed by atoms with Crippen molar-refractivity contribution in [2.24, 2.45) is 11.7 Å². The van der Waals surface area contributed by atoms with Gasteiger partial charge < -0.3 is 15.8 Å². The molecule has 0 aliphatic carbocycles. The predicted octanol–water partition coefficient (Wildman–Crippen LogP) is 2.25. The maximum atomic E-state index is 11.9. The molecule has 0 heterocycles. The zero-order chi connectivity index (χ0) is 14.3. The zero-order valence-electron chi connectivity index (χ0n) is 12.0. The second kappa shape index (κ2) is 7.79. The van der Waals surface area contributed by atoms with Gasteiger partial charge in [-0.05, 0) is 36.6 Å². The van der Waals surface area contributed by atoms with Gasteiger partial charge in [-0.25, -0.2) is 0 Å². The van der Waals surface area contributed by atoms with Crippen molar-refractivity contribution in [1.29, 1.82) is 0 Å². The summed E-state index contributed by atoms with van der Waals surface area (Å²) >= 11 is 0. The predicted molar refractivity (Wildman–Crippen MR) is 77.0 cm³/mol. The maximum absolute atomic E-state index is 11.9. The van der Waals surface area contributed by atoms with Crippen LogP contribution in [0.5, 0.6) is 5.75 Å². The first-order chi connectivity index (χ1) is 9.10. The van der Waals surface area contributed by atoms with E-state index in [1.54, 1.807) is 7.11 Å². The first-order valence-corrected chi connectivity index (χ1v) is 6.74. The van der Waals surface area contributed by atoms with Crippen molar-refractivity contribution in [3.63, 3.8) is 0 Å². The standard InChI is InChI=1S/C15H24N2O2/c1-4-14(17-15(18)9-11(2)10-16)12-5-7-13(19-3)8-6-12/h5-8,11,14H,4,9-10,16H2,1-3H3,(H,17,18). The third kappa shape index (κ3) is 4.91. The van der Waals surface area contributed by atoms with Crippen LogP contribution in [0.3, 0.4) is 0 Å². The Kier molecular flexibility index (Phi) is 6.36. The molecular formula is C15H24N2O2. The van der Waals surface area contributed by atoms with Gasteiger partial charge in [-0.1, -0.05) is 26.0 Å². The topological polar surface area (TPSA) is 64.4 Å². The molecule has 4 nitrogen and oxygen atoms in total. The molecule has 0 aliphatic heterocycles. The normalized spacial score (nSPS) is 13.7. The van der Waals surface area contributed by atoms with E-state index in [9.17, 15) is 4.79 Å². The highest BCUT2D eigenvalue weighted by molar-refractivity contribution is 5.76. The van der Waals surface area contributed by atoms with Crippen LogP contribution >= 0.6 is 0 Å². The molecule has 0 bridgehead atoms. The highest BCUT2D eigenvalue weighted by atomic mass is 16.5. The van der Waals surface area contributed by atoms with Crippen molar-refractivity contribution in [3.05, 3.63) is 29.8 Å². The van der Waals surface area contributed by atoms with Crippen molar-refractivity contribution in [1.82, 2.24) is 5.32 Å². The van der Waals surface area contributed by atoms with E-state index in [0.717, 1.165) is 17.7 Å². The molecule has 0 aromatic heterocycles. The summed E-state index contributed by atoms with van der Waals surface area (Å²) in [4.78, 5) is 11.9. The third-order valence-electron chi connectivity index (χ3n) is 3.20. The first-order valence-electron chi connectivity index (χ1n) is 6.74. The molecule has 0 saturated carbocycles. The van der Waals surface area contributed by atoms with Gasteiger partial charge in [0.15, 0.2) is 0 Å². The van der Waals surface area contributed by atoms with Crippen LogP contribution in [0.1, 0.15) is 38.3 Å². The minimum Gasteiger partial charge on any atom is -0.497 e. The minimum absolute atomic E-state index is 0.0448. The lowest BCUT2D eigenvalue weighted by atomic mass is 10.0. The number of carbonyl (C=O) groups is 1. The van der Waals surface area contributed by atoms with Gasteiger partial charge in [0.25, 0.3) is 0 Å². The lowest BCUT2D eigenvalue weighted by Gasteiger charge is -2.19. The Bertz CT molecular complexity index is 390. The van der Waals surface area contributed by atoms with Crippen LogP contribution in [0.4, 0.5) is 0 Å². The quantitative estimate of drug-likeness (QED) is 0.794. The minimum atomic E-state index is 0.0448. The Hall–Kier alpha value is -1.55. The summed E-state index contributed by atoms with van der Waals surface area (Å²) in [5.74, 6) is 1.09. The van der Waals surface area contributed by atoms with Crippen LogP contribution in [0.15, 0.2) is 24.3 Å². The van der Waals surface area contributed by atoms with Gasteiger partial charge >= 0.3 is 0 Å². The number of hydrogen-bond acceptors (Lipinski definition) is 3. The van der Waals surface area contributed by atoms with E-state index in [4.69, 9.17) is 10.5 Å². The van der Waals surface area contributed by atoms with Crippen LogP contribution in [-0.2, 0) is 4.79 Å². The monoisotopic (exact) mass is 264 g/mol. The van der Waals surface area contributed by atoms with E-state index >= 15 is 0 Å². The Balaban J connectivity index is 2.64. The Labute approximate surface area is 115 Å². The molecule has 0 radical (unpaired) electrons. The van der Waals surface area contributed by atoms with E-state index < -0.39 is 0 Å². The van der Waals surface area contributed by atoms with Gasteiger partial charge in [0.2, 0.25) is 5.91 Å². The summed E-state index contributed by atoms with van der Waals surface area (Å²) in [5, 5.41) is 3.05. The average Bonchev–Trinajstić information content (AvgIpc) is 2.44. The lowest BCUT2D eigenvalue weighted by Crippen LogP contribution is -2.30. The van der Waals surface area contributed by atoms with E-state index in [0.29, 0.717) is 13.0 Å². The van der Waals surface area contributed by atoms with Crippen LogP contribution in [0, 0.1) is 5.92 Å². The number of nitrogens with one attached hydrogen (secondary N) is 1. The summed E-state index contributed by atoms with van der Waals surface area (Å²) < 4.78 is 5.13. The van der Waals surface area contributed by atoms with Crippen molar-refractivity contribution in [2.45, 2.75) is 32.7 Å². The SMILES string of the molecule is CCC(NC(=O)CC(C)CN)c1ccc(OC)cc1. The van der Waals surface area contributed by atoms with Crippen LogP contribution < -0.4 is 15.8 Å². The van der Waals surface area contributed by atoms with E-state index in [1.807, 2.05) is 31.2 Å². The number of methoxy groups -OCH3 is 1. The fraction of sp³-hybridized carbons (Fsp3) is 0.533. The van der Waals surface area contributed by atoms with Crippen molar-refractivity contribution in [2.75, 3.05) is 13.7 Å². The highest BCUT2D eigenvalue weighted by Crippen LogP contribution is 2.20. The summed E-state index contributed by atoms with van der Waals surface area (Å²) in [5.41, 5.74) is 6.63. The molecule has 0 fully saturated rings. The molecule has 0 aliphatic rings. The van der Waals surface area contributed by atoms with Gasteiger partial charge in [0.1, 0.15) is 5.75 Å². The molecule has 1 rings (SSSR count). The van der Waals surface area contributed by atoms with Crippen molar-refractivity contribution in [3.8, 4) is 5.75 Å². The molecule has 19 heavy (non-hydrogen) atoms. The number of carbonyl (C=O) groups excluding carboxylic acids is 1. The van der Waals surface area contributed by atoms with Crippen molar-refractivity contribution < 1.29 is 9.53 Å². The fourth-order valence-corrected chi connectivity index (χ4v) is 1.91. The third-order valence-corrected chi connectivity index (χ3v) is 3.20. The number of hydrogen-bond donors (Lipinski definition) is 2. The largest absolute Gasteiger partial charge is 0.497 e. The van der Waals surface area contributed by atoms with Gasteiger partial charge in [-0.2, -0.15) is 0 Å². The Morgan fingerprint density at radius 3 is 2.47 bits per heavy atom. The van der Waals surface area contributed by atoms with Gasteiger partial charge in [-0.15, -0.1) is 0 Å². The lowest BCUT2D eigenvalue weighted by molar-refractivity contribution is -0.122. The van der Waals surface area contributed by atoms with Crippen LogP contribution in [0.2, 0.25) is 0 Å². The molecule has 4 heteroatoms. The number of rotatable bonds is 7. The first kappa shape index (κ1) is 15.5. The molecule has 1 aromatic carbocycles. The maximum Gasteiger partial charge on any atom is 0.220 e. The van der Waals surface area contributed by atoms with Crippen molar-refractivity contribution >= 4 is 5.91 Å². The summed E-state index contributed by atoms with van der Waals surface area (Å²) in [6.07, 6.45) is 1.33. The fourth-order valence-electron chi connectivity index (χ4n) is 1.91. The van der Waals surface area contributed by atoms with E-state index in [1.165, 1.54) is 0 Å². The van der Waals surface area contributed by atoms with E-state index in [2.05, 4.69) is 12.2 Å². The number of amides is 1. The Morgan fingerprint density at radius 1 is 1.37 bits per heavy atom. The number of ether oxygens (including phenoxy) is 1. The van der Waals surface area contributed by atoms with Crippen LogP contribution in [0.25, 0.3) is 0 Å². The van der Waals surface area contributed by atoms with Gasteiger partial charge in [-0.3, -0.25) is 4.79 Å². The van der Waals surface area contributed by atoms with Gasteiger partial charge in [0.05, 0.1) is 13.2 Å². The molecule has 1 amide bonds. The summed E-state index contributed by atoms with van der Waals surface area (Å²) in [6.45, 7) is 4.57. The Morgan fingerprint density at radius 2 is 2.00 bits per heavy atom. The second-order valence-corrected chi connectivity index (χ2v) is 4.85. The molecule has 1 aromatic rings. The molecule has 0 saturated heterocycles. The molecule has 2 unspecified atom stereocenters. The molecule has 2 atom stereocenters. The highest BCUT2D eigenvalue weighted by Gasteiger charge is 2.14.